The van der Waals surface area contributed by atoms with Crippen LogP contribution in [0.3, 0.4) is 0 Å². The number of aliphatic hydroxyl groups is 1. The molecule has 54 valence electrons. The third-order valence-corrected chi connectivity index (χ3v) is 3.81. The molecular formula is C7H8OS2. The molecule has 1 aromatic rings. The topological polar surface area (TPSA) is 20.2 Å². The molecule has 2 heterocycles. The van der Waals surface area contributed by atoms with Crippen molar-refractivity contribution in [1.29, 1.82) is 0 Å². The van der Waals surface area contributed by atoms with Crippen molar-refractivity contribution >= 4 is 23.1 Å². The summed E-state index contributed by atoms with van der Waals surface area (Å²) in [6.07, 6.45) is -0.208. The zero-order chi connectivity index (χ0) is 6.97. The highest BCUT2D eigenvalue weighted by atomic mass is 32.2. The van der Waals surface area contributed by atoms with Crippen molar-refractivity contribution in [2.75, 3.05) is 5.75 Å². The van der Waals surface area contributed by atoms with E-state index >= 15 is 0 Å². The van der Waals surface area contributed by atoms with Crippen LogP contribution in [0.25, 0.3) is 0 Å². The molecule has 1 aliphatic rings. The van der Waals surface area contributed by atoms with Crippen LogP contribution in [-0.2, 0) is 5.75 Å². The number of thioether (sulfide) groups is 1. The molecule has 1 atom stereocenters. The summed E-state index contributed by atoms with van der Waals surface area (Å²) in [7, 11) is 0. The Hall–Kier alpha value is 0.0100. The Morgan fingerprint density at radius 3 is 3.30 bits per heavy atom. The van der Waals surface area contributed by atoms with E-state index in [-0.39, 0.29) is 6.10 Å². The molecule has 0 amide bonds. The van der Waals surface area contributed by atoms with Gasteiger partial charge in [-0.1, -0.05) is 0 Å². The fourth-order valence-corrected chi connectivity index (χ4v) is 3.23. The Labute approximate surface area is 68.1 Å². The van der Waals surface area contributed by atoms with Gasteiger partial charge in [0.2, 0.25) is 0 Å². The van der Waals surface area contributed by atoms with E-state index in [2.05, 4.69) is 5.38 Å². The predicted octanol–water partition coefficient (Wildman–Crippen LogP) is 2.03. The van der Waals surface area contributed by atoms with Crippen molar-refractivity contribution in [1.82, 2.24) is 0 Å². The van der Waals surface area contributed by atoms with Crippen LogP contribution < -0.4 is 0 Å². The lowest BCUT2D eigenvalue weighted by Crippen LogP contribution is -2.06. The third kappa shape index (κ3) is 0.983. The summed E-state index contributed by atoms with van der Waals surface area (Å²) in [6, 6.07) is 2.03. The van der Waals surface area contributed by atoms with Gasteiger partial charge in [0.25, 0.3) is 0 Å². The maximum Gasteiger partial charge on any atom is 0.0891 e. The SMILES string of the molecule is OC1CSCc2sccc21. The summed E-state index contributed by atoms with van der Waals surface area (Å²) in [5.41, 5.74) is 1.16. The van der Waals surface area contributed by atoms with Gasteiger partial charge in [-0.3, -0.25) is 0 Å². The van der Waals surface area contributed by atoms with Gasteiger partial charge in [0.05, 0.1) is 6.10 Å². The number of hydrogen-bond donors (Lipinski definition) is 1. The first-order valence-electron chi connectivity index (χ1n) is 3.20. The summed E-state index contributed by atoms with van der Waals surface area (Å²) in [5.74, 6) is 1.95. The first-order chi connectivity index (χ1) is 4.88. The van der Waals surface area contributed by atoms with Crippen LogP contribution in [0.2, 0.25) is 0 Å². The highest BCUT2D eigenvalue weighted by Crippen LogP contribution is 2.34. The number of aliphatic hydroxyl groups excluding tert-OH is 1. The normalized spacial score (nSPS) is 24.3. The van der Waals surface area contributed by atoms with E-state index < -0.39 is 0 Å². The molecule has 3 heteroatoms. The molecule has 2 rings (SSSR count). The van der Waals surface area contributed by atoms with Crippen molar-refractivity contribution in [3.8, 4) is 0 Å². The van der Waals surface area contributed by atoms with Crippen LogP contribution in [0.5, 0.6) is 0 Å². The van der Waals surface area contributed by atoms with E-state index in [1.165, 1.54) is 4.88 Å². The lowest BCUT2D eigenvalue weighted by molar-refractivity contribution is 0.202. The van der Waals surface area contributed by atoms with E-state index in [0.717, 1.165) is 17.1 Å². The molecule has 0 saturated carbocycles. The maximum atomic E-state index is 9.44. The van der Waals surface area contributed by atoms with E-state index in [0.29, 0.717) is 0 Å². The molecule has 1 N–H and O–H groups in total. The van der Waals surface area contributed by atoms with Gasteiger partial charge < -0.3 is 5.11 Å². The van der Waals surface area contributed by atoms with Gasteiger partial charge in [0, 0.05) is 16.4 Å². The van der Waals surface area contributed by atoms with Gasteiger partial charge in [0.15, 0.2) is 0 Å². The standard InChI is InChI=1S/C7H8OS2/c8-6-3-9-4-7-5(6)1-2-10-7/h1-2,6,8H,3-4H2. The second-order valence-electron chi connectivity index (χ2n) is 2.33. The Bertz CT molecular complexity index is 231. The minimum atomic E-state index is -0.208. The molecule has 10 heavy (non-hydrogen) atoms. The van der Waals surface area contributed by atoms with E-state index in [1.54, 1.807) is 11.3 Å². The van der Waals surface area contributed by atoms with E-state index in [1.807, 2.05) is 17.8 Å². The summed E-state index contributed by atoms with van der Waals surface area (Å²) >= 11 is 3.56. The van der Waals surface area contributed by atoms with Crippen molar-refractivity contribution in [3.05, 3.63) is 21.9 Å². The van der Waals surface area contributed by atoms with Crippen LogP contribution in [0.1, 0.15) is 16.5 Å². The van der Waals surface area contributed by atoms with Crippen molar-refractivity contribution in [3.63, 3.8) is 0 Å². The molecule has 1 unspecified atom stereocenters. The average Bonchev–Trinajstić information content (AvgIpc) is 2.36. The summed E-state index contributed by atoms with van der Waals surface area (Å²) in [6.45, 7) is 0. The zero-order valence-corrected chi connectivity index (χ0v) is 7.04. The molecule has 1 nitrogen and oxygen atoms in total. The van der Waals surface area contributed by atoms with Crippen LogP contribution >= 0.6 is 23.1 Å². The minimum absolute atomic E-state index is 0.208. The molecule has 0 bridgehead atoms. The lowest BCUT2D eigenvalue weighted by atomic mass is 10.2. The highest BCUT2D eigenvalue weighted by molar-refractivity contribution is 7.98. The van der Waals surface area contributed by atoms with Gasteiger partial charge >= 0.3 is 0 Å². The fourth-order valence-electron chi connectivity index (χ4n) is 1.12. The molecule has 1 aromatic heterocycles. The molecule has 0 spiro atoms. The Balaban J connectivity index is 2.41. The fraction of sp³-hybridized carbons (Fsp3) is 0.429. The third-order valence-electron chi connectivity index (χ3n) is 1.65. The summed E-state index contributed by atoms with van der Waals surface area (Å²) < 4.78 is 0. The Kier molecular flexibility index (Phi) is 1.72. The van der Waals surface area contributed by atoms with Gasteiger partial charge in [-0.15, -0.1) is 11.3 Å². The van der Waals surface area contributed by atoms with Crippen LogP contribution in [0.4, 0.5) is 0 Å². The largest absolute Gasteiger partial charge is 0.388 e. The van der Waals surface area contributed by atoms with Crippen LogP contribution in [0, 0.1) is 0 Å². The van der Waals surface area contributed by atoms with Gasteiger partial charge in [0.1, 0.15) is 0 Å². The molecule has 0 aromatic carbocycles. The molecule has 0 radical (unpaired) electrons. The highest BCUT2D eigenvalue weighted by Gasteiger charge is 2.18. The first kappa shape index (κ1) is 6.70. The van der Waals surface area contributed by atoms with Gasteiger partial charge in [-0.25, -0.2) is 0 Å². The van der Waals surface area contributed by atoms with Crippen molar-refractivity contribution < 1.29 is 5.11 Å². The summed E-state index contributed by atoms with van der Waals surface area (Å²) in [4.78, 5) is 1.35. The quantitative estimate of drug-likeness (QED) is 0.646. The molecule has 0 fully saturated rings. The second kappa shape index (κ2) is 2.57. The van der Waals surface area contributed by atoms with Crippen molar-refractivity contribution in [2.45, 2.75) is 11.9 Å². The molecule has 0 aliphatic carbocycles. The minimum Gasteiger partial charge on any atom is -0.388 e. The van der Waals surface area contributed by atoms with E-state index in [9.17, 15) is 5.11 Å². The number of thiophene rings is 1. The Morgan fingerprint density at radius 2 is 2.50 bits per heavy atom. The molecule has 0 saturated heterocycles. The number of rotatable bonds is 0. The lowest BCUT2D eigenvalue weighted by Gasteiger charge is -2.16. The second-order valence-corrected chi connectivity index (χ2v) is 4.36. The smallest absolute Gasteiger partial charge is 0.0891 e. The van der Waals surface area contributed by atoms with Crippen molar-refractivity contribution in [2.24, 2.45) is 0 Å². The maximum absolute atomic E-state index is 9.44. The first-order valence-corrected chi connectivity index (χ1v) is 5.23. The van der Waals surface area contributed by atoms with Gasteiger partial charge in [-0.2, -0.15) is 11.8 Å². The van der Waals surface area contributed by atoms with Crippen LogP contribution in [0.15, 0.2) is 11.4 Å². The Morgan fingerprint density at radius 1 is 1.60 bits per heavy atom. The monoisotopic (exact) mass is 172 g/mol. The molecule has 1 aliphatic heterocycles. The average molecular weight is 172 g/mol. The summed E-state index contributed by atoms with van der Waals surface area (Å²) in [5, 5.41) is 11.5. The number of hydrogen-bond acceptors (Lipinski definition) is 3. The predicted molar refractivity (Wildman–Crippen MR) is 45.4 cm³/mol. The van der Waals surface area contributed by atoms with E-state index in [4.69, 9.17) is 0 Å². The number of fused-ring (bicyclic) bond motifs is 1. The zero-order valence-electron chi connectivity index (χ0n) is 5.41. The van der Waals surface area contributed by atoms with Gasteiger partial charge in [-0.05, 0) is 17.0 Å². The molecular weight excluding hydrogens is 164 g/mol. The van der Waals surface area contributed by atoms with Crippen LogP contribution in [-0.4, -0.2) is 10.9 Å².